The number of anilines is 1. The second-order valence-electron chi connectivity index (χ2n) is 4.44. The van der Waals surface area contributed by atoms with Gasteiger partial charge in [-0.25, -0.2) is 0 Å². The molecule has 0 aliphatic heterocycles. The zero-order valence-corrected chi connectivity index (χ0v) is 9.39. The molecule has 78 valence electrons. The summed E-state index contributed by atoms with van der Waals surface area (Å²) in [5.41, 5.74) is 2.44. The largest absolute Gasteiger partial charge is 0.380 e. The van der Waals surface area contributed by atoms with Crippen LogP contribution in [0.1, 0.15) is 26.3 Å². The van der Waals surface area contributed by atoms with Crippen molar-refractivity contribution in [3.63, 3.8) is 0 Å². The van der Waals surface area contributed by atoms with Crippen LogP contribution in [0.4, 0.5) is 5.69 Å². The van der Waals surface area contributed by atoms with Crippen molar-refractivity contribution < 1.29 is 0 Å². The van der Waals surface area contributed by atoms with Gasteiger partial charge < -0.3 is 10.6 Å². The summed E-state index contributed by atoms with van der Waals surface area (Å²) >= 11 is 0. The Morgan fingerprint density at radius 3 is 2.64 bits per heavy atom. The molecule has 0 atom stereocenters. The van der Waals surface area contributed by atoms with Crippen LogP contribution in [0.3, 0.4) is 0 Å². The first-order valence-electron chi connectivity index (χ1n) is 4.88. The number of nitrogens with zero attached hydrogens (tertiary/aromatic N) is 1. The highest BCUT2D eigenvalue weighted by molar-refractivity contribution is 5.50. The van der Waals surface area contributed by atoms with E-state index in [0.29, 0.717) is 0 Å². The Hall–Kier alpha value is -1.09. The van der Waals surface area contributed by atoms with Crippen LogP contribution in [0.15, 0.2) is 18.5 Å². The number of pyridine rings is 1. The first-order chi connectivity index (χ1) is 6.53. The maximum absolute atomic E-state index is 4.11. The first-order valence-corrected chi connectivity index (χ1v) is 4.88. The smallest absolute Gasteiger partial charge is 0.0420 e. The molecule has 1 aromatic heterocycles. The van der Waals surface area contributed by atoms with E-state index in [4.69, 9.17) is 0 Å². The highest BCUT2D eigenvalue weighted by atomic mass is 15.0. The summed E-state index contributed by atoms with van der Waals surface area (Å²) in [7, 11) is 1.94. The molecule has 0 fully saturated rings. The van der Waals surface area contributed by atoms with Crippen LogP contribution in [0.5, 0.6) is 0 Å². The van der Waals surface area contributed by atoms with E-state index < -0.39 is 0 Å². The van der Waals surface area contributed by atoms with Crippen LogP contribution in [0.2, 0.25) is 0 Å². The molecule has 2 N–H and O–H groups in total. The summed E-state index contributed by atoms with van der Waals surface area (Å²) in [5, 5.41) is 6.58. The summed E-state index contributed by atoms with van der Waals surface area (Å²) in [4.78, 5) is 4.11. The standard InChI is InChI=1S/C11H19N3/c1-11(2,3)14-10-5-6-13-8-9(10)7-12-4/h5-6,8,12H,7H2,1-4H3,(H,13,14). The van der Waals surface area contributed by atoms with E-state index in [0.717, 1.165) is 12.2 Å². The van der Waals surface area contributed by atoms with Gasteiger partial charge in [0.05, 0.1) is 0 Å². The molecule has 0 radical (unpaired) electrons. The second-order valence-corrected chi connectivity index (χ2v) is 4.44. The van der Waals surface area contributed by atoms with Crippen molar-refractivity contribution in [2.45, 2.75) is 32.9 Å². The van der Waals surface area contributed by atoms with Crippen LogP contribution in [-0.4, -0.2) is 17.6 Å². The summed E-state index contributed by atoms with van der Waals surface area (Å²) < 4.78 is 0. The van der Waals surface area contributed by atoms with E-state index in [1.54, 1.807) is 0 Å². The van der Waals surface area contributed by atoms with Crippen LogP contribution in [0, 0.1) is 0 Å². The van der Waals surface area contributed by atoms with Gasteiger partial charge in [-0.05, 0) is 33.9 Å². The molecule has 3 nitrogen and oxygen atoms in total. The van der Waals surface area contributed by atoms with Gasteiger partial charge in [0.1, 0.15) is 0 Å². The minimum atomic E-state index is 0.0871. The lowest BCUT2D eigenvalue weighted by atomic mass is 10.1. The minimum absolute atomic E-state index is 0.0871. The van der Waals surface area contributed by atoms with E-state index in [-0.39, 0.29) is 5.54 Å². The van der Waals surface area contributed by atoms with Gasteiger partial charge in [-0.15, -0.1) is 0 Å². The molecular weight excluding hydrogens is 174 g/mol. The molecule has 0 bridgehead atoms. The Balaban J connectivity index is 2.84. The maximum atomic E-state index is 4.11. The Morgan fingerprint density at radius 2 is 2.07 bits per heavy atom. The van der Waals surface area contributed by atoms with Crippen molar-refractivity contribution in [1.82, 2.24) is 10.3 Å². The van der Waals surface area contributed by atoms with Gasteiger partial charge in [0, 0.05) is 35.7 Å². The third-order valence-corrected chi connectivity index (χ3v) is 1.78. The van der Waals surface area contributed by atoms with Gasteiger partial charge in [0.25, 0.3) is 0 Å². The zero-order chi connectivity index (χ0) is 10.6. The molecule has 1 heterocycles. The molecule has 14 heavy (non-hydrogen) atoms. The lowest BCUT2D eigenvalue weighted by Crippen LogP contribution is -2.27. The lowest BCUT2D eigenvalue weighted by molar-refractivity contribution is 0.631. The molecule has 0 saturated carbocycles. The van der Waals surface area contributed by atoms with Crippen LogP contribution >= 0.6 is 0 Å². The fourth-order valence-electron chi connectivity index (χ4n) is 1.28. The fourth-order valence-corrected chi connectivity index (χ4v) is 1.28. The number of rotatable bonds is 3. The highest BCUT2D eigenvalue weighted by Gasteiger charge is 2.11. The zero-order valence-electron chi connectivity index (χ0n) is 9.39. The molecule has 0 aromatic carbocycles. The molecular formula is C11H19N3. The van der Waals surface area contributed by atoms with E-state index in [2.05, 4.69) is 36.4 Å². The van der Waals surface area contributed by atoms with Gasteiger partial charge in [-0.3, -0.25) is 4.98 Å². The maximum Gasteiger partial charge on any atom is 0.0420 e. The monoisotopic (exact) mass is 193 g/mol. The normalized spacial score (nSPS) is 11.4. The number of hydrogen-bond acceptors (Lipinski definition) is 3. The van der Waals surface area contributed by atoms with Gasteiger partial charge >= 0.3 is 0 Å². The molecule has 0 amide bonds. The SMILES string of the molecule is CNCc1cnccc1NC(C)(C)C. The average molecular weight is 193 g/mol. The minimum Gasteiger partial charge on any atom is -0.380 e. The molecule has 0 saturated heterocycles. The van der Waals surface area contributed by atoms with Gasteiger partial charge in [0.15, 0.2) is 0 Å². The molecule has 0 unspecified atom stereocenters. The number of hydrogen-bond donors (Lipinski definition) is 2. The number of aromatic nitrogens is 1. The predicted molar refractivity (Wildman–Crippen MR) is 60.4 cm³/mol. The second kappa shape index (κ2) is 4.42. The summed E-state index contributed by atoms with van der Waals surface area (Å²) in [6.07, 6.45) is 3.71. The van der Waals surface area contributed by atoms with Crippen LogP contribution in [0.25, 0.3) is 0 Å². The molecule has 1 rings (SSSR count). The van der Waals surface area contributed by atoms with Gasteiger partial charge in [0.2, 0.25) is 0 Å². The Kier molecular flexibility index (Phi) is 3.47. The summed E-state index contributed by atoms with van der Waals surface area (Å²) in [6.45, 7) is 7.29. The van der Waals surface area contributed by atoms with Crippen molar-refractivity contribution in [1.29, 1.82) is 0 Å². The Morgan fingerprint density at radius 1 is 1.36 bits per heavy atom. The average Bonchev–Trinajstić information content (AvgIpc) is 2.06. The van der Waals surface area contributed by atoms with Crippen molar-refractivity contribution in [2.75, 3.05) is 12.4 Å². The van der Waals surface area contributed by atoms with Crippen molar-refractivity contribution in [2.24, 2.45) is 0 Å². The molecule has 0 spiro atoms. The molecule has 0 aliphatic carbocycles. The third-order valence-electron chi connectivity index (χ3n) is 1.78. The first kappa shape index (κ1) is 11.0. The Bertz CT molecular complexity index is 289. The van der Waals surface area contributed by atoms with E-state index in [9.17, 15) is 0 Å². The van der Waals surface area contributed by atoms with Crippen molar-refractivity contribution in [3.8, 4) is 0 Å². The predicted octanol–water partition coefficient (Wildman–Crippen LogP) is 2.01. The molecule has 0 aliphatic rings. The van der Waals surface area contributed by atoms with E-state index in [1.165, 1.54) is 5.56 Å². The quantitative estimate of drug-likeness (QED) is 0.771. The molecule has 3 heteroatoms. The fraction of sp³-hybridized carbons (Fsp3) is 0.545. The van der Waals surface area contributed by atoms with E-state index in [1.807, 2.05) is 25.5 Å². The van der Waals surface area contributed by atoms with Crippen molar-refractivity contribution >= 4 is 5.69 Å². The highest BCUT2D eigenvalue weighted by Crippen LogP contribution is 2.18. The van der Waals surface area contributed by atoms with Crippen molar-refractivity contribution in [3.05, 3.63) is 24.0 Å². The summed E-state index contributed by atoms with van der Waals surface area (Å²) in [5.74, 6) is 0. The Labute approximate surface area is 85.9 Å². The molecule has 1 aromatic rings. The third kappa shape index (κ3) is 3.34. The number of nitrogens with one attached hydrogen (secondary N) is 2. The van der Waals surface area contributed by atoms with Crippen LogP contribution in [-0.2, 0) is 6.54 Å². The summed E-state index contributed by atoms with van der Waals surface area (Å²) in [6, 6.07) is 2.01. The topological polar surface area (TPSA) is 37.0 Å². The van der Waals surface area contributed by atoms with Gasteiger partial charge in [-0.2, -0.15) is 0 Å². The lowest BCUT2D eigenvalue weighted by Gasteiger charge is -2.23. The van der Waals surface area contributed by atoms with Crippen LogP contribution < -0.4 is 10.6 Å². The van der Waals surface area contributed by atoms with Gasteiger partial charge in [-0.1, -0.05) is 0 Å². The van der Waals surface area contributed by atoms with E-state index >= 15 is 0 Å².